The Kier molecular flexibility index (Phi) is 4.17. The van der Waals surface area contributed by atoms with E-state index in [4.69, 9.17) is 10.7 Å². The molecule has 1 aliphatic carbocycles. The van der Waals surface area contributed by atoms with Gasteiger partial charge in [0.15, 0.2) is 0 Å². The highest BCUT2D eigenvalue weighted by Gasteiger charge is 2.40. The van der Waals surface area contributed by atoms with Gasteiger partial charge in [0.25, 0.3) is 0 Å². The van der Waals surface area contributed by atoms with Crippen LogP contribution in [0.5, 0.6) is 0 Å². The fourth-order valence-corrected chi connectivity index (χ4v) is 3.13. The molecule has 2 N–H and O–H groups in total. The maximum Gasteiger partial charge on any atom is 0.0506 e. The summed E-state index contributed by atoms with van der Waals surface area (Å²) in [5, 5.41) is 0. The van der Waals surface area contributed by atoms with Gasteiger partial charge in [-0.2, -0.15) is 0 Å². The van der Waals surface area contributed by atoms with Gasteiger partial charge in [-0.25, -0.2) is 0 Å². The second kappa shape index (κ2) is 4.87. The molecule has 0 radical (unpaired) electrons. The molecule has 1 aliphatic rings. The summed E-state index contributed by atoms with van der Waals surface area (Å²) in [5.74, 6) is 0.550. The Balaban J connectivity index is 2.73. The van der Waals surface area contributed by atoms with Crippen molar-refractivity contribution in [1.82, 2.24) is 0 Å². The molecular formula is C14H28N2. The molecule has 2 unspecified atom stereocenters. The van der Waals surface area contributed by atoms with E-state index in [1.165, 1.54) is 12.8 Å². The Bertz CT molecular complexity index is 255. The monoisotopic (exact) mass is 224 g/mol. The number of rotatable bonds is 3. The molecule has 16 heavy (non-hydrogen) atoms. The van der Waals surface area contributed by atoms with Gasteiger partial charge in [-0.1, -0.05) is 34.6 Å². The van der Waals surface area contributed by atoms with E-state index >= 15 is 0 Å². The van der Waals surface area contributed by atoms with E-state index in [2.05, 4.69) is 40.8 Å². The molecule has 1 saturated carbocycles. The van der Waals surface area contributed by atoms with Gasteiger partial charge in [0.1, 0.15) is 0 Å². The van der Waals surface area contributed by atoms with Crippen LogP contribution < -0.4 is 5.73 Å². The van der Waals surface area contributed by atoms with Crippen LogP contribution in [-0.4, -0.2) is 18.8 Å². The van der Waals surface area contributed by atoms with E-state index < -0.39 is 0 Å². The fourth-order valence-electron chi connectivity index (χ4n) is 3.13. The Morgan fingerprint density at radius 1 is 1.31 bits per heavy atom. The number of nitrogens with zero attached hydrogens (tertiary/aromatic N) is 1. The van der Waals surface area contributed by atoms with Gasteiger partial charge in [-0.3, -0.25) is 4.99 Å². The first-order chi connectivity index (χ1) is 7.26. The molecule has 0 amide bonds. The van der Waals surface area contributed by atoms with E-state index in [1.54, 1.807) is 0 Å². The summed E-state index contributed by atoms with van der Waals surface area (Å²) < 4.78 is 0. The van der Waals surface area contributed by atoms with E-state index in [9.17, 15) is 0 Å². The Morgan fingerprint density at radius 2 is 1.94 bits per heavy atom. The third-order valence-corrected chi connectivity index (χ3v) is 3.51. The lowest BCUT2D eigenvalue weighted by Crippen LogP contribution is -2.42. The summed E-state index contributed by atoms with van der Waals surface area (Å²) in [6, 6.07) is 0.472. The van der Waals surface area contributed by atoms with E-state index in [0.29, 0.717) is 17.4 Å². The average Bonchev–Trinajstić information content (AvgIpc) is 2.12. The highest BCUT2D eigenvalue weighted by Crippen LogP contribution is 2.46. The van der Waals surface area contributed by atoms with Crippen molar-refractivity contribution in [3.63, 3.8) is 0 Å². The van der Waals surface area contributed by atoms with Crippen LogP contribution in [-0.2, 0) is 0 Å². The predicted molar refractivity (Wildman–Crippen MR) is 71.9 cm³/mol. The molecule has 2 nitrogen and oxygen atoms in total. The SMILES string of the molecule is CC(C)C=NC1CC(C)(C)CC(C)(CN)C1. The number of aliphatic imine (C=N–C) groups is 1. The van der Waals surface area contributed by atoms with Gasteiger partial charge in [-0.15, -0.1) is 0 Å². The minimum absolute atomic E-state index is 0.279. The Morgan fingerprint density at radius 3 is 2.44 bits per heavy atom. The predicted octanol–water partition coefficient (Wildman–Crippen LogP) is 3.26. The van der Waals surface area contributed by atoms with Crippen molar-refractivity contribution in [3.05, 3.63) is 0 Å². The van der Waals surface area contributed by atoms with Gasteiger partial charge < -0.3 is 5.73 Å². The molecule has 0 aromatic heterocycles. The normalized spacial score (nSPS) is 34.8. The van der Waals surface area contributed by atoms with Gasteiger partial charge in [0.05, 0.1) is 6.04 Å². The molecular weight excluding hydrogens is 196 g/mol. The zero-order valence-electron chi connectivity index (χ0n) is 11.6. The molecule has 0 spiro atoms. The lowest BCUT2D eigenvalue weighted by molar-refractivity contribution is 0.0911. The minimum atomic E-state index is 0.279. The minimum Gasteiger partial charge on any atom is -0.330 e. The van der Waals surface area contributed by atoms with Crippen molar-refractivity contribution in [3.8, 4) is 0 Å². The average molecular weight is 224 g/mol. The van der Waals surface area contributed by atoms with Crippen molar-refractivity contribution < 1.29 is 0 Å². The second-order valence-electron chi connectivity index (χ2n) is 6.96. The van der Waals surface area contributed by atoms with Crippen molar-refractivity contribution in [1.29, 1.82) is 0 Å². The molecule has 0 aromatic carbocycles. The second-order valence-corrected chi connectivity index (χ2v) is 6.96. The molecule has 1 rings (SSSR count). The summed E-state index contributed by atoms with van der Waals surface area (Å²) in [7, 11) is 0. The highest BCUT2D eigenvalue weighted by molar-refractivity contribution is 5.59. The molecule has 0 heterocycles. The van der Waals surface area contributed by atoms with Crippen LogP contribution in [0.2, 0.25) is 0 Å². The summed E-state index contributed by atoms with van der Waals surface area (Å²) in [6.45, 7) is 12.1. The maximum atomic E-state index is 5.92. The van der Waals surface area contributed by atoms with Gasteiger partial charge in [0.2, 0.25) is 0 Å². The van der Waals surface area contributed by atoms with E-state index in [0.717, 1.165) is 13.0 Å². The third kappa shape index (κ3) is 3.89. The number of hydrogen-bond donors (Lipinski definition) is 1. The fraction of sp³-hybridized carbons (Fsp3) is 0.929. The summed E-state index contributed by atoms with van der Waals surface area (Å²) in [5.41, 5.74) is 6.58. The highest BCUT2D eigenvalue weighted by atomic mass is 14.8. The van der Waals surface area contributed by atoms with E-state index in [1.807, 2.05) is 0 Å². The third-order valence-electron chi connectivity index (χ3n) is 3.51. The van der Waals surface area contributed by atoms with Crippen molar-refractivity contribution >= 4 is 6.21 Å². The molecule has 0 aromatic rings. The zero-order chi connectivity index (χ0) is 12.4. The van der Waals surface area contributed by atoms with Gasteiger partial charge in [0, 0.05) is 6.21 Å². The maximum absolute atomic E-state index is 5.92. The van der Waals surface area contributed by atoms with Crippen LogP contribution in [0.3, 0.4) is 0 Å². The molecule has 2 atom stereocenters. The first-order valence-corrected chi connectivity index (χ1v) is 6.50. The summed E-state index contributed by atoms with van der Waals surface area (Å²) in [4.78, 5) is 4.74. The quantitative estimate of drug-likeness (QED) is 0.734. The lowest BCUT2D eigenvalue weighted by Gasteiger charge is -2.45. The number of nitrogens with two attached hydrogens (primary N) is 1. The van der Waals surface area contributed by atoms with E-state index in [-0.39, 0.29) is 5.41 Å². The molecule has 0 aliphatic heterocycles. The lowest BCUT2D eigenvalue weighted by atomic mass is 9.63. The van der Waals surface area contributed by atoms with Crippen LogP contribution in [0.4, 0.5) is 0 Å². The zero-order valence-corrected chi connectivity index (χ0v) is 11.6. The first kappa shape index (κ1) is 13.7. The Hall–Kier alpha value is -0.370. The van der Waals surface area contributed by atoms with Crippen molar-refractivity contribution in [2.75, 3.05) is 6.54 Å². The molecule has 1 fully saturated rings. The first-order valence-electron chi connectivity index (χ1n) is 6.50. The number of hydrogen-bond acceptors (Lipinski definition) is 2. The van der Waals surface area contributed by atoms with Gasteiger partial charge >= 0.3 is 0 Å². The summed E-state index contributed by atoms with van der Waals surface area (Å²) in [6.07, 6.45) is 5.68. The van der Waals surface area contributed by atoms with Crippen LogP contribution in [0, 0.1) is 16.7 Å². The molecule has 2 heteroatoms. The Labute approximate surface area is 101 Å². The smallest absolute Gasteiger partial charge is 0.0506 e. The van der Waals surface area contributed by atoms with Crippen LogP contribution in [0.25, 0.3) is 0 Å². The summed E-state index contributed by atoms with van der Waals surface area (Å²) >= 11 is 0. The van der Waals surface area contributed by atoms with Crippen LogP contribution >= 0.6 is 0 Å². The topological polar surface area (TPSA) is 38.4 Å². The molecule has 0 saturated heterocycles. The molecule has 94 valence electrons. The van der Waals surface area contributed by atoms with Crippen LogP contribution in [0.1, 0.15) is 53.9 Å². The van der Waals surface area contributed by atoms with Crippen LogP contribution in [0.15, 0.2) is 4.99 Å². The van der Waals surface area contributed by atoms with Crippen molar-refractivity contribution in [2.45, 2.75) is 59.9 Å². The molecule has 0 bridgehead atoms. The standard InChI is InChI=1S/C14H28N2/c1-11(2)8-16-12-6-13(3,4)9-14(5,7-12)10-15/h8,11-12H,6-7,9-10,15H2,1-5H3. The largest absolute Gasteiger partial charge is 0.330 e. The van der Waals surface area contributed by atoms with Gasteiger partial charge in [-0.05, 0) is 42.6 Å². The van der Waals surface area contributed by atoms with Crippen molar-refractivity contribution in [2.24, 2.45) is 27.5 Å².